The van der Waals surface area contributed by atoms with Crippen molar-refractivity contribution in [3.63, 3.8) is 0 Å². The lowest BCUT2D eigenvalue weighted by molar-refractivity contribution is -0.186. The minimum atomic E-state index is -4.20. The van der Waals surface area contributed by atoms with Crippen molar-refractivity contribution in [2.24, 2.45) is 11.8 Å². The largest absolute Gasteiger partial charge is 0.391 e. The Hall–Kier alpha value is -1.60. The standard InChI is InChI=1S/C20H27F3N2O2/c21-20(22,23)18-3-1-2-17(12-18)19(26)24-13-15-4-6-16(7-5-15)14-25-8-10-27-11-9-25/h4-7,17-18H,1-3,8-14H2,(H,24,26). The summed E-state index contributed by atoms with van der Waals surface area (Å²) in [5, 5.41) is 2.81. The van der Waals surface area contributed by atoms with Crippen LogP contribution in [0.3, 0.4) is 0 Å². The highest BCUT2D eigenvalue weighted by Gasteiger charge is 2.43. The Labute approximate surface area is 158 Å². The minimum Gasteiger partial charge on any atom is -0.379 e. The number of ether oxygens (including phenoxy) is 1. The number of nitrogens with one attached hydrogen (secondary N) is 1. The molecule has 3 rings (SSSR count). The SMILES string of the molecule is O=C(NCc1ccc(CN2CCOCC2)cc1)C1CCCC(C(F)(F)F)C1. The van der Waals surface area contributed by atoms with Crippen LogP contribution in [0.1, 0.15) is 36.8 Å². The van der Waals surface area contributed by atoms with Gasteiger partial charge >= 0.3 is 6.18 Å². The maximum absolute atomic E-state index is 12.9. The Morgan fingerprint density at radius 3 is 2.44 bits per heavy atom. The summed E-state index contributed by atoms with van der Waals surface area (Å²) >= 11 is 0. The molecule has 2 unspecified atom stereocenters. The van der Waals surface area contributed by atoms with Gasteiger partial charge in [-0.15, -0.1) is 0 Å². The lowest BCUT2D eigenvalue weighted by Crippen LogP contribution is -2.37. The minimum absolute atomic E-state index is 0.0895. The number of hydrogen-bond acceptors (Lipinski definition) is 3. The fraction of sp³-hybridized carbons (Fsp3) is 0.650. The Morgan fingerprint density at radius 2 is 1.78 bits per heavy atom. The van der Waals surface area contributed by atoms with Crippen LogP contribution < -0.4 is 5.32 Å². The quantitative estimate of drug-likeness (QED) is 0.845. The number of benzene rings is 1. The first-order valence-corrected chi connectivity index (χ1v) is 9.64. The van der Waals surface area contributed by atoms with Crippen LogP contribution in [0.4, 0.5) is 13.2 Å². The molecule has 0 aromatic heterocycles. The molecule has 27 heavy (non-hydrogen) atoms. The molecule has 0 radical (unpaired) electrons. The van der Waals surface area contributed by atoms with Crippen LogP contribution in [0.2, 0.25) is 0 Å². The maximum Gasteiger partial charge on any atom is 0.391 e. The number of rotatable bonds is 5. The first-order chi connectivity index (χ1) is 12.9. The van der Waals surface area contributed by atoms with Gasteiger partial charge in [0, 0.05) is 32.1 Å². The molecule has 150 valence electrons. The normalized spacial score (nSPS) is 24.6. The third kappa shape index (κ3) is 5.94. The summed E-state index contributed by atoms with van der Waals surface area (Å²) in [5.41, 5.74) is 2.16. The first-order valence-electron chi connectivity index (χ1n) is 9.64. The highest BCUT2D eigenvalue weighted by molar-refractivity contribution is 5.78. The predicted octanol–water partition coefficient (Wildman–Crippen LogP) is 3.50. The fourth-order valence-electron chi connectivity index (χ4n) is 3.84. The molecular formula is C20H27F3N2O2. The van der Waals surface area contributed by atoms with Gasteiger partial charge in [0.05, 0.1) is 19.1 Å². The van der Waals surface area contributed by atoms with E-state index < -0.39 is 18.0 Å². The van der Waals surface area contributed by atoms with E-state index in [0.29, 0.717) is 19.4 Å². The van der Waals surface area contributed by atoms with Crippen molar-refractivity contribution in [2.75, 3.05) is 26.3 Å². The average Bonchev–Trinajstić information content (AvgIpc) is 2.67. The van der Waals surface area contributed by atoms with Gasteiger partial charge in [-0.2, -0.15) is 13.2 Å². The number of alkyl halides is 3. The summed E-state index contributed by atoms with van der Waals surface area (Å²) in [4.78, 5) is 14.6. The summed E-state index contributed by atoms with van der Waals surface area (Å²) in [5.74, 6) is -2.14. The molecule has 1 amide bonds. The van der Waals surface area contributed by atoms with E-state index in [0.717, 1.165) is 38.4 Å². The topological polar surface area (TPSA) is 41.6 Å². The van der Waals surface area contributed by atoms with Gasteiger partial charge in [-0.3, -0.25) is 9.69 Å². The molecule has 1 aromatic carbocycles. The number of hydrogen-bond donors (Lipinski definition) is 1. The molecule has 7 heteroatoms. The Bertz CT molecular complexity index is 613. The van der Waals surface area contributed by atoms with Crippen molar-refractivity contribution >= 4 is 5.91 Å². The number of carbonyl (C=O) groups is 1. The highest BCUT2D eigenvalue weighted by atomic mass is 19.4. The maximum atomic E-state index is 12.9. The smallest absolute Gasteiger partial charge is 0.379 e. The molecule has 2 atom stereocenters. The molecule has 1 aliphatic carbocycles. The number of morpholine rings is 1. The second-order valence-electron chi connectivity index (χ2n) is 7.52. The van der Waals surface area contributed by atoms with Crippen molar-refractivity contribution < 1.29 is 22.7 Å². The lowest BCUT2D eigenvalue weighted by atomic mass is 9.80. The van der Waals surface area contributed by atoms with Gasteiger partial charge in [0.25, 0.3) is 0 Å². The summed E-state index contributed by atoms with van der Waals surface area (Å²) in [6.07, 6.45) is -3.16. The molecule has 1 saturated carbocycles. The number of carbonyl (C=O) groups excluding carboxylic acids is 1. The summed E-state index contributed by atoms with van der Waals surface area (Å²) in [6, 6.07) is 8.01. The molecule has 2 aliphatic rings. The third-order valence-corrected chi connectivity index (χ3v) is 5.51. The first kappa shape index (κ1) is 20.1. The van der Waals surface area contributed by atoms with Gasteiger partial charge in [0.1, 0.15) is 0 Å². The molecule has 0 bridgehead atoms. The predicted molar refractivity (Wildman–Crippen MR) is 95.9 cm³/mol. The van der Waals surface area contributed by atoms with E-state index in [9.17, 15) is 18.0 Å². The van der Waals surface area contributed by atoms with Crippen LogP contribution in [-0.2, 0) is 22.6 Å². The Balaban J connectivity index is 1.45. The van der Waals surface area contributed by atoms with E-state index >= 15 is 0 Å². The third-order valence-electron chi connectivity index (χ3n) is 5.51. The van der Waals surface area contributed by atoms with E-state index in [-0.39, 0.29) is 18.7 Å². The molecule has 1 saturated heterocycles. The van der Waals surface area contributed by atoms with Gasteiger partial charge in [-0.05, 0) is 30.4 Å². The highest BCUT2D eigenvalue weighted by Crippen LogP contribution is 2.39. The summed E-state index contributed by atoms with van der Waals surface area (Å²) in [7, 11) is 0. The van der Waals surface area contributed by atoms with Gasteiger partial charge < -0.3 is 10.1 Å². The number of nitrogens with zero attached hydrogens (tertiary/aromatic N) is 1. The van der Waals surface area contributed by atoms with Gasteiger partial charge in [0.15, 0.2) is 0 Å². The monoisotopic (exact) mass is 384 g/mol. The molecule has 0 spiro atoms. The van der Waals surface area contributed by atoms with Crippen molar-refractivity contribution in [3.05, 3.63) is 35.4 Å². The number of halogens is 3. The average molecular weight is 384 g/mol. The Morgan fingerprint density at radius 1 is 1.11 bits per heavy atom. The van der Waals surface area contributed by atoms with Crippen LogP contribution in [0.15, 0.2) is 24.3 Å². The Kier molecular flexibility index (Phi) is 6.76. The number of amides is 1. The van der Waals surface area contributed by atoms with Gasteiger partial charge in [-0.25, -0.2) is 0 Å². The van der Waals surface area contributed by atoms with Crippen molar-refractivity contribution in [1.29, 1.82) is 0 Å². The van der Waals surface area contributed by atoms with E-state index in [1.807, 2.05) is 24.3 Å². The molecule has 1 aliphatic heterocycles. The van der Waals surface area contributed by atoms with Gasteiger partial charge in [-0.1, -0.05) is 30.7 Å². The van der Waals surface area contributed by atoms with E-state index in [2.05, 4.69) is 10.2 Å². The van der Waals surface area contributed by atoms with E-state index in [1.165, 1.54) is 5.56 Å². The molecule has 2 fully saturated rings. The zero-order valence-electron chi connectivity index (χ0n) is 15.4. The second-order valence-corrected chi connectivity index (χ2v) is 7.52. The molecule has 1 N–H and O–H groups in total. The molecule has 4 nitrogen and oxygen atoms in total. The van der Waals surface area contributed by atoms with Crippen LogP contribution in [0.5, 0.6) is 0 Å². The molecule has 1 aromatic rings. The zero-order valence-corrected chi connectivity index (χ0v) is 15.4. The van der Waals surface area contributed by atoms with Gasteiger partial charge in [0.2, 0.25) is 5.91 Å². The van der Waals surface area contributed by atoms with Crippen molar-refractivity contribution in [2.45, 2.75) is 44.9 Å². The second kappa shape index (κ2) is 9.06. The fourth-order valence-corrected chi connectivity index (χ4v) is 3.84. The van der Waals surface area contributed by atoms with Crippen LogP contribution in [0.25, 0.3) is 0 Å². The zero-order chi connectivity index (χ0) is 19.3. The van der Waals surface area contributed by atoms with E-state index in [4.69, 9.17) is 4.74 Å². The lowest BCUT2D eigenvalue weighted by Gasteiger charge is -2.29. The molecule has 1 heterocycles. The summed E-state index contributed by atoms with van der Waals surface area (Å²) < 4.78 is 44.0. The van der Waals surface area contributed by atoms with Crippen LogP contribution in [0, 0.1) is 11.8 Å². The van der Waals surface area contributed by atoms with Crippen LogP contribution >= 0.6 is 0 Å². The van der Waals surface area contributed by atoms with Crippen molar-refractivity contribution in [3.8, 4) is 0 Å². The molecular weight excluding hydrogens is 357 g/mol. The van der Waals surface area contributed by atoms with Crippen molar-refractivity contribution in [1.82, 2.24) is 10.2 Å². The van der Waals surface area contributed by atoms with Crippen LogP contribution in [-0.4, -0.2) is 43.3 Å². The summed E-state index contributed by atoms with van der Waals surface area (Å²) in [6.45, 7) is 4.61. The van der Waals surface area contributed by atoms with E-state index in [1.54, 1.807) is 0 Å².